The third-order valence-electron chi connectivity index (χ3n) is 4.59. The molecule has 3 nitrogen and oxygen atoms in total. The fourth-order valence-corrected chi connectivity index (χ4v) is 3.52. The lowest BCUT2D eigenvalue weighted by atomic mass is 9.71. The van der Waals surface area contributed by atoms with E-state index >= 15 is 0 Å². The smallest absolute Gasteiger partial charge is 0.310 e. The minimum absolute atomic E-state index is 0.0454. The number of carbonyl (C=O) groups excluding carboxylic acids is 1. The highest BCUT2D eigenvalue weighted by Crippen LogP contribution is 2.49. The van der Waals surface area contributed by atoms with Crippen molar-refractivity contribution in [1.82, 2.24) is 0 Å². The summed E-state index contributed by atoms with van der Waals surface area (Å²) in [6.45, 7) is 2.07. The van der Waals surface area contributed by atoms with Gasteiger partial charge in [0.2, 0.25) is 0 Å². The van der Waals surface area contributed by atoms with Gasteiger partial charge in [-0.3, -0.25) is 9.59 Å². The van der Waals surface area contributed by atoms with Crippen LogP contribution in [-0.4, -0.2) is 16.9 Å². The Morgan fingerprint density at radius 2 is 2.00 bits per heavy atom. The molecular formula is C17H22O3. The number of Topliss-reactive ketones (excluding diaryl/α,β-unsaturated/α-hetero) is 1. The Morgan fingerprint density at radius 1 is 1.30 bits per heavy atom. The van der Waals surface area contributed by atoms with Crippen LogP contribution in [-0.2, 0) is 4.79 Å². The Morgan fingerprint density at radius 3 is 2.60 bits per heavy atom. The third kappa shape index (κ3) is 2.77. The number of rotatable bonds is 6. The molecule has 0 saturated heterocycles. The van der Waals surface area contributed by atoms with Gasteiger partial charge >= 0.3 is 5.97 Å². The number of hydrogen-bond donors (Lipinski definition) is 1. The molecule has 1 aliphatic rings. The molecule has 0 bridgehead atoms. The average Bonchev–Trinajstić information content (AvgIpc) is 2.84. The molecule has 108 valence electrons. The predicted octanol–water partition coefficient (Wildman–Crippen LogP) is 3.93. The van der Waals surface area contributed by atoms with Crippen molar-refractivity contribution >= 4 is 11.8 Å². The number of benzene rings is 1. The zero-order valence-electron chi connectivity index (χ0n) is 12.0. The first-order chi connectivity index (χ1) is 9.60. The molecule has 1 saturated carbocycles. The second kappa shape index (κ2) is 6.21. The lowest BCUT2D eigenvalue weighted by Crippen LogP contribution is -2.37. The highest BCUT2D eigenvalue weighted by Gasteiger charge is 2.49. The molecule has 1 aromatic rings. The van der Waals surface area contributed by atoms with Gasteiger partial charge in [-0.25, -0.2) is 0 Å². The van der Waals surface area contributed by atoms with E-state index in [1.807, 2.05) is 18.2 Å². The second-order valence-electron chi connectivity index (χ2n) is 5.81. The molecule has 2 rings (SSSR count). The molecule has 2 atom stereocenters. The van der Waals surface area contributed by atoms with Gasteiger partial charge in [0.1, 0.15) is 0 Å². The summed E-state index contributed by atoms with van der Waals surface area (Å²) >= 11 is 0. The molecule has 0 radical (unpaired) electrons. The molecular weight excluding hydrogens is 252 g/mol. The maximum absolute atomic E-state index is 12.4. The lowest BCUT2D eigenvalue weighted by Gasteiger charge is -2.30. The van der Waals surface area contributed by atoms with Crippen LogP contribution in [0.2, 0.25) is 0 Å². The van der Waals surface area contributed by atoms with Crippen LogP contribution in [0.3, 0.4) is 0 Å². The predicted molar refractivity (Wildman–Crippen MR) is 77.7 cm³/mol. The Bertz CT molecular complexity index is 480. The van der Waals surface area contributed by atoms with Crippen LogP contribution < -0.4 is 0 Å². The van der Waals surface area contributed by atoms with Gasteiger partial charge in [-0.05, 0) is 25.2 Å². The fourth-order valence-electron chi connectivity index (χ4n) is 3.52. The van der Waals surface area contributed by atoms with Gasteiger partial charge in [-0.1, -0.05) is 50.1 Å². The van der Waals surface area contributed by atoms with Crippen LogP contribution in [0.5, 0.6) is 0 Å². The Labute approximate surface area is 120 Å². The topological polar surface area (TPSA) is 54.4 Å². The molecule has 1 fully saturated rings. The Kier molecular flexibility index (Phi) is 4.58. The normalized spacial score (nSPS) is 25.6. The monoisotopic (exact) mass is 274 g/mol. The molecule has 0 aromatic heterocycles. The van der Waals surface area contributed by atoms with E-state index in [1.54, 1.807) is 12.1 Å². The molecule has 3 heteroatoms. The van der Waals surface area contributed by atoms with E-state index in [0.717, 1.165) is 25.7 Å². The number of aliphatic carboxylic acids is 1. The third-order valence-corrected chi connectivity index (χ3v) is 4.59. The van der Waals surface area contributed by atoms with Crippen LogP contribution in [0.25, 0.3) is 0 Å². The lowest BCUT2D eigenvalue weighted by molar-refractivity contribution is -0.151. The SMILES string of the molecule is CCC[C@@H]1CCC[C@]1(CC(=O)c1ccccc1)C(=O)O. The summed E-state index contributed by atoms with van der Waals surface area (Å²) in [7, 11) is 0. The Hall–Kier alpha value is -1.64. The van der Waals surface area contributed by atoms with Gasteiger partial charge in [0.15, 0.2) is 5.78 Å². The summed E-state index contributed by atoms with van der Waals surface area (Å²) in [6, 6.07) is 9.03. The number of carboxylic acid groups (broad SMARTS) is 1. The van der Waals surface area contributed by atoms with Crippen LogP contribution in [0, 0.1) is 11.3 Å². The van der Waals surface area contributed by atoms with E-state index < -0.39 is 11.4 Å². The first kappa shape index (κ1) is 14.8. The largest absolute Gasteiger partial charge is 0.481 e. The fraction of sp³-hybridized carbons (Fsp3) is 0.529. The van der Waals surface area contributed by atoms with E-state index in [2.05, 4.69) is 6.92 Å². The van der Waals surface area contributed by atoms with Crippen LogP contribution in [0.1, 0.15) is 55.8 Å². The van der Waals surface area contributed by atoms with Gasteiger partial charge in [0.05, 0.1) is 5.41 Å². The quantitative estimate of drug-likeness (QED) is 0.800. The number of hydrogen-bond acceptors (Lipinski definition) is 2. The van der Waals surface area contributed by atoms with Gasteiger partial charge in [-0.2, -0.15) is 0 Å². The first-order valence-electron chi connectivity index (χ1n) is 7.42. The van der Waals surface area contributed by atoms with Crippen molar-refractivity contribution in [3.63, 3.8) is 0 Å². The van der Waals surface area contributed by atoms with E-state index in [4.69, 9.17) is 0 Å². The molecule has 1 aliphatic carbocycles. The Balaban J connectivity index is 2.22. The van der Waals surface area contributed by atoms with Crippen molar-refractivity contribution in [3.05, 3.63) is 35.9 Å². The molecule has 0 unspecified atom stereocenters. The van der Waals surface area contributed by atoms with E-state index in [-0.39, 0.29) is 18.1 Å². The van der Waals surface area contributed by atoms with Crippen molar-refractivity contribution in [2.75, 3.05) is 0 Å². The van der Waals surface area contributed by atoms with E-state index in [0.29, 0.717) is 12.0 Å². The molecule has 0 amide bonds. The highest BCUT2D eigenvalue weighted by atomic mass is 16.4. The van der Waals surface area contributed by atoms with Crippen LogP contribution in [0.4, 0.5) is 0 Å². The van der Waals surface area contributed by atoms with Crippen molar-refractivity contribution in [2.24, 2.45) is 11.3 Å². The molecule has 0 heterocycles. The number of ketones is 1. The minimum atomic E-state index is -0.844. The highest BCUT2D eigenvalue weighted by molar-refractivity contribution is 5.99. The van der Waals surface area contributed by atoms with Crippen molar-refractivity contribution in [3.8, 4) is 0 Å². The van der Waals surface area contributed by atoms with Crippen molar-refractivity contribution in [2.45, 2.75) is 45.4 Å². The summed E-state index contributed by atoms with van der Waals surface area (Å²) < 4.78 is 0. The molecule has 1 N–H and O–H groups in total. The summed E-state index contributed by atoms with van der Waals surface area (Å²) in [6.07, 6.45) is 4.48. The summed E-state index contributed by atoms with van der Waals surface area (Å²) in [4.78, 5) is 24.2. The second-order valence-corrected chi connectivity index (χ2v) is 5.81. The molecule has 1 aromatic carbocycles. The summed E-state index contributed by atoms with van der Waals surface area (Å²) in [5, 5.41) is 9.70. The van der Waals surface area contributed by atoms with Gasteiger partial charge in [-0.15, -0.1) is 0 Å². The zero-order valence-corrected chi connectivity index (χ0v) is 12.0. The molecule has 0 aliphatic heterocycles. The first-order valence-corrected chi connectivity index (χ1v) is 7.42. The number of carboxylic acids is 1. The minimum Gasteiger partial charge on any atom is -0.481 e. The molecule has 20 heavy (non-hydrogen) atoms. The standard InChI is InChI=1S/C17H22O3/c1-2-7-14-10-6-11-17(14,16(19)20)12-15(18)13-8-4-3-5-9-13/h3-5,8-9,14H,2,6-7,10-12H2,1H3,(H,19,20)/t14-,17-/m1/s1. The van der Waals surface area contributed by atoms with Gasteiger partial charge in [0, 0.05) is 12.0 Å². The van der Waals surface area contributed by atoms with Crippen molar-refractivity contribution in [1.29, 1.82) is 0 Å². The van der Waals surface area contributed by atoms with Gasteiger partial charge < -0.3 is 5.11 Å². The van der Waals surface area contributed by atoms with E-state index in [1.165, 1.54) is 0 Å². The summed E-state index contributed by atoms with van der Waals surface area (Å²) in [5.74, 6) is -0.702. The van der Waals surface area contributed by atoms with Crippen LogP contribution >= 0.6 is 0 Å². The molecule has 0 spiro atoms. The zero-order chi connectivity index (χ0) is 14.6. The number of carbonyl (C=O) groups is 2. The summed E-state index contributed by atoms with van der Waals surface area (Å²) in [5.41, 5.74) is -0.224. The van der Waals surface area contributed by atoms with Crippen LogP contribution in [0.15, 0.2) is 30.3 Å². The van der Waals surface area contributed by atoms with Crippen molar-refractivity contribution < 1.29 is 14.7 Å². The average molecular weight is 274 g/mol. The maximum atomic E-state index is 12.4. The van der Waals surface area contributed by atoms with Gasteiger partial charge in [0.25, 0.3) is 0 Å². The maximum Gasteiger partial charge on any atom is 0.310 e. The van der Waals surface area contributed by atoms with E-state index in [9.17, 15) is 14.7 Å².